The molecule has 1 aromatic carbocycles. The first kappa shape index (κ1) is 22.7. The highest BCUT2D eigenvalue weighted by molar-refractivity contribution is 6.30. The zero-order valence-corrected chi connectivity index (χ0v) is 16.5. The van der Waals surface area contributed by atoms with E-state index in [2.05, 4.69) is 22.2 Å². The average Bonchev–Trinajstić information content (AvgIpc) is 2.60. The summed E-state index contributed by atoms with van der Waals surface area (Å²) in [7, 11) is 0. The number of nitrogens with zero attached hydrogens (tertiary/aromatic N) is 1. The van der Waals surface area contributed by atoms with Crippen LogP contribution in [0.1, 0.15) is 37.1 Å². The van der Waals surface area contributed by atoms with Gasteiger partial charge in [-0.2, -0.15) is 13.2 Å². The lowest BCUT2D eigenvalue weighted by molar-refractivity contribution is -0.137. The van der Waals surface area contributed by atoms with E-state index in [0.717, 1.165) is 12.1 Å². The van der Waals surface area contributed by atoms with Crippen LogP contribution in [0.5, 0.6) is 0 Å². The van der Waals surface area contributed by atoms with E-state index in [4.69, 9.17) is 11.6 Å². The van der Waals surface area contributed by atoms with Crippen LogP contribution in [-0.2, 0) is 11.7 Å². The zero-order valence-electron chi connectivity index (χ0n) is 15.8. The molecule has 0 saturated carbocycles. The minimum atomic E-state index is -4.77. The van der Waals surface area contributed by atoms with Gasteiger partial charge in [0.25, 0.3) is 0 Å². The van der Waals surface area contributed by atoms with Crippen molar-refractivity contribution >= 4 is 17.6 Å². The molecule has 9 heteroatoms. The number of rotatable bonds is 6. The fourth-order valence-electron chi connectivity index (χ4n) is 2.89. The zero-order chi connectivity index (χ0) is 21.8. The molecule has 1 heterocycles. The molecule has 4 nitrogen and oxygen atoms in total. The number of amides is 2. The van der Waals surface area contributed by atoms with E-state index < -0.39 is 29.1 Å². The predicted molar refractivity (Wildman–Crippen MR) is 103 cm³/mol. The van der Waals surface area contributed by atoms with Crippen molar-refractivity contribution < 1.29 is 22.4 Å². The highest BCUT2D eigenvalue weighted by atomic mass is 35.5. The van der Waals surface area contributed by atoms with Crippen molar-refractivity contribution in [1.82, 2.24) is 15.6 Å². The first-order chi connectivity index (χ1) is 13.5. The molecule has 1 atom stereocenters. The second-order valence-corrected chi connectivity index (χ2v) is 7.18. The van der Waals surface area contributed by atoms with Crippen molar-refractivity contribution in [3.8, 4) is 0 Å². The number of alkyl halides is 3. The molecule has 0 aliphatic heterocycles. The first-order valence-electron chi connectivity index (χ1n) is 8.68. The maximum absolute atomic E-state index is 14.2. The number of carbonyl (C=O) groups is 1. The SMILES string of the molecule is C=CCC(NC(=O)NC(C)C)(c1cc(F)cc(C(F)(F)F)c1)c1ccc(Cl)cn1. The fraction of sp³-hybridized carbons (Fsp3) is 0.300. The highest BCUT2D eigenvalue weighted by Crippen LogP contribution is 2.37. The summed E-state index contributed by atoms with van der Waals surface area (Å²) in [6.45, 7) is 7.08. The Labute approximate surface area is 171 Å². The maximum Gasteiger partial charge on any atom is 0.416 e. The van der Waals surface area contributed by atoms with Crippen molar-refractivity contribution in [2.45, 2.75) is 38.0 Å². The van der Waals surface area contributed by atoms with E-state index in [1.54, 1.807) is 13.8 Å². The summed E-state index contributed by atoms with van der Waals surface area (Å²) >= 11 is 5.88. The van der Waals surface area contributed by atoms with Crippen molar-refractivity contribution in [2.24, 2.45) is 0 Å². The third-order valence-corrected chi connectivity index (χ3v) is 4.30. The molecule has 0 aliphatic rings. The molecule has 0 aliphatic carbocycles. The van der Waals surface area contributed by atoms with Gasteiger partial charge >= 0.3 is 12.2 Å². The summed E-state index contributed by atoms with van der Waals surface area (Å²) in [4.78, 5) is 16.7. The molecule has 0 fully saturated rings. The third kappa shape index (κ3) is 5.47. The molecule has 2 amide bonds. The Bertz CT molecular complexity index is 884. The van der Waals surface area contributed by atoms with Gasteiger partial charge in [-0.25, -0.2) is 9.18 Å². The number of benzene rings is 1. The lowest BCUT2D eigenvalue weighted by Gasteiger charge is -2.35. The number of aromatic nitrogens is 1. The molecule has 156 valence electrons. The van der Waals surface area contributed by atoms with Crippen molar-refractivity contribution in [3.63, 3.8) is 0 Å². The minimum Gasteiger partial charge on any atom is -0.336 e. The van der Waals surface area contributed by atoms with Gasteiger partial charge in [0.05, 0.1) is 16.3 Å². The molecule has 0 bridgehead atoms. The van der Waals surface area contributed by atoms with Gasteiger partial charge in [0.1, 0.15) is 11.4 Å². The number of hydrogen-bond donors (Lipinski definition) is 2. The largest absolute Gasteiger partial charge is 0.416 e. The molecule has 1 unspecified atom stereocenters. The number of carbonyl (C=O) groups excluding carboxylic acids is 1. The van der Waals surface area contributed by atoms with Crippen molar-refractivity contribution in [1.29, 1.82) is 0 Å². The van der Waals surface area contributed by atoms with E-state index in [-0.39, 0.29) is 23.7 Å². The Morgan fingerprint density at radius 3 is 2.41 bits per heavy atom. The van der Waals surface area contributed by atoms with E-state index in [0.29, 0.717) is 11.1 Å². The summed E-state index contributed by atoms with van der Waals surface area (Å²) in [5, 5.41) is 5.57. The minimum absolute atomic E-state index is 0.0477. The predicted octanol–water partition coefficient (Wildman–Crippen LogP) is 5.42. The summed E-state index contributed by atoms with van der Waals surface area (Å²) in [6.07, 6.45) is -2.12. The quantitative estimate of drug-likeness (QED) is 0.476. The number of nitrogens with one attached hydrogen (secondary N) is 2. The Morgan fingerprint density at radius 1 is 1.24 bits per heavy atom. The number of pyridine rings is 1. The van der Waals surface area contributed by atoms with Gasteiger partial charge in [0.2, 0.25) is 0 Å². The van der Waals surface area contributed by atoms with Crippen molar-refractivity contribution in [2.75, 3.05) is 0 Å². The molecule has 29 heavy (non-hydrogen) atoms. The number of hydrogen-bond acceptors (Lipinski definition) is 2. The Morgan fingerprint density at radius 2 is 1.90 bits per heavy atom. The third-order valence-electron chi connectivity index (χ3n) is 4.08. The molecule has 2 rings (SSSR count). The topological polar surface area (TPSA) is 54.0 Å². The summed E-state index contributed by atoms with van der Waals surface area (Å²) in [6, 6.07) is 4.16. The van der Waals surface area contributed by atoms with Crippen LogP contribution < -0.4 is 10.6 Å². The van der Waals surface area contributed by atoms with E-state index >= 15 is 0 Å². The summed E-state index contributed by atoms with van der Waals surface area (Å²) < 4.78 is 54.0. The van der Waals surface area contributed by atoms with Crippen LogP contribution in [0.2, 0.25) is 5.02 Å². The smallest absolute Gasteiger partial charge is 0.336 e. The lowest BCUT2D eigenvalue weighted by Crippen LogP contribution is -2.52. The second kappa shape index (κ2) is 8.82. The van der Waals surface area contributed by atoms with Gasteiger partial charge in [0.15, 0.2) is 0 Å². The Hall–Kier alpha value is -2.61. The Balaban J connectivity index is 2.74. The molecule has 0 spiro atoms. The van der Waals surface area contributed by atoms with E-state index in [1.165, 1.54) is 24.4 Å². The molecular weight excluding hydrogens is 410 g/mol. The van der Waals surface area contributed by atoms with Crippen LogP contribution in [-0.4, -0.2) is 17.1 Å². The fourth-order valence-corrected chi connectivity index (χ4v) is 3.01. The summed E-state index contributed by atoms with van der Waals surface area (Å²) in [5.41, 5.74) is -2.73. The number of urea groups is 1. The van der Waals surface area contributed by atoms with Crippen LogP contribution >= 0.6 is 11.6 Å². The van der Waals surface area contributed by atoms with Crippen LogP contribution in [0.25, 0.3) is 0 Å². The molecule has 0 saturated heterocycles. The van der Waals surface area contributed by atoms with Crippen LogP contribution in [0.3, 0.4) is 0 Å². The second-order valence-electron chi connectivity index (χ2n) is 6.74. The van der Waals surface area contributed by atoms with E-state index in [1.807, 2.05) is 0 Å². The normalized spacial score (nSPS) is 13.7. The number of halogens is 5. The van der Waals surface area contributed by atoms with Gasteiger partial charge in [-0.05, 0) is 56.2 Å². The average molecular weight is 430 g/mol. The lowest BCUT2D eigenvalue weighted by atomic mass is 9.82. The standard InChI is InChI=1S/C20H20ClF4N3O/c1-4-7-19(28-18(29)27-12(2)3,17-6-5-15(21)11-26-17)13-8-14(20(23,24)25)10-16(22)9-13/h4-6,8-12H,1,7H2,2-3H3,(H2,27,28,29). The van der Waals surface area contributed by atoms with Gasteiger partial charge in [0, 0.05) is 12.2 Å². The van der Waals surface area contributed by atoms with Crippen LogP contribution in [0.15, 0.2) is 49.2 Å². The van der Waals surface area contributed by atoms with Gasteiger partial charge < -0.3 is 10.6 Å². The molecule has 2 aromatic rings. The molecule has 2 N–H and O–H groups in total. The van der Waals surface area contributed by atoms with Gasteiger partial charge in [-0.3, -0.25) is 4.98 Å². The molecule has 1 aromatic heterocycles. The maximum atomic E-state index is 14.2. The Kier molecular flexibility index (Phi) is 6.89. The van der Waals surface area contributed by atoms with Gasteiger partial charge in [-0.1, -0.05) is 17.7 Å². The monoisotopic (exact) mass is 429 g/mol. The van der Waals surface area contributed by atoms with E-state index in [9.17, 15) is 22.4 Å². The van der Waals surface area contributed by atoms with Crippen molar-refractivity contribution in [3.05, 3.63) is 76.8 Å². The van der Waals surface area contributed by atoms with Crippen LogP contribution in [0.4, 0.5) is 22.4 Å². The molecule has 0 radical (unpaired) electrons. The van der Waals surface area contributed by atoms with Gasteiger partial charge in [-0.15, -0.1) is 6.58 Å². The summed E-state index contributed by atoms with van der Waals surface area (Å²) in [5.74, 6) is -1.09. The highest BCUT2D eigenvalue weighted by Gasteiger charge is 2.40. The first-order valence-corrected chi connectivity index (χ1v) is 9.05. The van der Waals surface area contributed by atoms with Crippen LogP contribution in [0, 0.1) is 5.82 Å². The molecular formula is C20H20ClF4N3O.